The highest BCUT2D eigenvalue weighted by molar-refractivity contribution is 5.93. The van der Waals surface area contributed by atoms with Crippen LogP contribution in [-0.2, 0) is 6.42 Å². The van der Waals surface area contributed by atoms with Gasteiger partial charge < -0.3 is 15.4 Å². The van der Waals surface area contributed by atoms with Crippen LogP contribution in [0.5, 0.6) is 5.75 Å². The molecule has 1 aliphatic rings. The predicted octanol–water partition coefficient (Wildman–Crippen LogP) is 2.79. The molecule has 0 atom stereocenters. The summed E-state index contributed by atoms with van der Waals surface area (Å²) in [6.45, 7) is 3.47. The number of hydrogen-bond acceptors (Lipinski definition) is 7. The number of amides is 1. The molecule has 1 aromatic carbocycles. The zero-order valence-electron chi connectivity index (χ0n) is 17.9. The van der Waals surface area contributed by atoms with E-state index in [9.17, 15) is 4.79 Å². The Bertz CT molecular complexity index is 1150. The van der Waals surface area contributed by atoms with Gasteiger partial charge in [-0.1, -0.05) is 6.07 Å². The lowest BCUT2D eigenvalue weighted by molar-refractivity contribution is 0.0993. The lowest BCUT2D eigenvalue weighted by atomic mass is 9.99. The van der Waals surface area contributed by atoms with Crippen molar-refractivity contribution < 1.29 is 9.53 Å². The van der Waals surface area contributed by atoms with Crippen LogP contribution in [0.25, 0.3) is 0 Å². The molecular weight excluding hydrogens is 404 g/mol. The Labute approximate surface area is 186 Å². The van der Waals surface area contributed by atoms with E-state index in [0.717, 1.165) is 48.4 Å². The molecule has 1 saturated heterocycles. The van der Waals surface area contributed by atoms with Gasteiger partial charge in [-0.05, 0) is 53.9 Å². The topological polar surface area (TPSA) is 118 Å². The molecule has 3 heterocycles. The Morgan fingerprint density at radius 1 is 1.22 bits per heavy atom. The molecule has 0 radical (unpaired) electrons. The lowest BCUT2D eigenvalue weighted by Gasteiger charge is -2.34. The summed E-state index contributed by atoms with van der Waals surface area (Å²) in [4.78, 5) is 18.2. The van der Waals surface area contributed by atoms with Crippen LogP contribution < -0.4 is 15.4 Å². The molecule has 0 spiro atoms. The maximum atomic E-state index is 12.0. The van der Waals surface area contributed by atoms with E-state index < -0.39 is 5.91 Å². The number of aromatic nitrogens is 3. The molecule has 1 fully saturated rings. The van der Waals surface area contributed by atoms with Gasteiger partial charge in [-0.25, -0.2) is 0 Å². The van der Waals surface area contributed by atoms with Crippen molar-refractivity contribution in [1.29, 1.82) is 5.26 Å². The van der Waals surface area contributed by atoms with Crippen LogP contribution >= 0.6 is 0 Å². The van der Waals surface area contributed by atoms with Gasteiger partial charge in [0.2, 0.25) is 0 Å². The van der Waals surface area contributed by atoms with Crippen LogP contribution in [0.1, 0.15) is 45.6 Å². The number of pyridine rings is 1. The standard InChI is InChI=1S/C24H24N6O2/c1-16-21(14-17-5-9-27-10-6-17)22(23(26)31)28-29-24(16)30-11-7-19(8-12-30)32-20-4-2-3-18(13-20)15-25/h2-6,9-10,13,19H,7-8,11-12,14H2,1H3,(H2,26,31). The maximum Gasteiger partial charge on any atom is 0.269 e. The largest absolute Gasteiger partial charge is 0.490 e. The van der Waals surface area contributed by atoms with Gasteiger partial charge in [0.1, 0.15) is 11.9 Å². The van der Waals surface area contributed by atoms with E-state index in [1.165, 1.54) is 0 Å². The molecule has 8 heteroatoms. The first kappa shape index (κ1) is 21.2. The fourth-order valence-corrected chi connectivity index (χ4v) is 3.98. The number of ether oxygens (including phenoxy) is 1. The van der Waals surface area contributed by atoms with E-state index in [4.69, 9.17) is 15.7 Å². The third kappa shape index (κ3) is 4.67. The summed E-state index contributed by atoms with van der Waals surface area (Å²) in [5.74, 6) is 0.899. The molecule has 8 nitrogen and oxygen atoms in total. The molecule has 0 unspecified atom stereocenters. The van der Waals surface area contributed by atoms with Crippen molar-refractivity contribution in [1.82, 2.24) is 15.2 Å². The zero-order valence-corrected chi connectivity index (χ0v) is 17.9. The SMILES string of the molecule is Cc1c(N2CCC(Oc3cccc(C#N)c3)CC2)nnc(C(N)=O)c1Cc1ccncc1. The van der Waals surface area contributed by atoms with Crippen molar-refractivity contribution in [2.75, 3.05) is 18.0 Å². The van der Waals surface area contributed by atoms with Crippen molar-refractivity contribution in [3.05, 3.63) is 76.7 Å². The summed E-state index contributed by atoms with van der Waals surface area (Å²) in [5, 5.41) is 17.6. The van der Waals surface area contributed by atoms with Crippen molar-refractivity contribution in [3.8, 4) is 11.8 Å². The number of nitriles is 1. The molecule has 1 amide bonds. The molecule has 4 rings (SSSR count). The highest BCUT2D eigenvalue weighted by atomic mass is 16.5. The number of anilines is 1. The van der Waals surface area contributed by atoms with Crippen LogP contribution in [0.4, 0.5) is 5.82 Å². The van der Waals surface area contributed by atoms with E-state index in [1.807, 2.05) is 31.2 Å². The summed E-state index contributed by atoms with van der Waals surface area (Å²) >= 11 is 0. The number of benzene rings is 1. The molecule has 32 heavy (non-hydrogen) atoms. The number of piperidine rings is 1. The Kier molecular flexibility index (Phi) is 6.26. The Morgan fingerprint density at radius 2 is 1.97 bits per heavy atom. The minimum absolute atomic E-state index is 0.0645. The van der Waals surface area contributed by atoms with Gasteiger partial charge in [-0.3, -0.25) is 9.78 Å². The highest BCUT2D eigenvalue weighted by Crippen LogP contribution is 2.28. The van der Waals surface area contributed by atoms with E-state index in [0.29, 0.717) is 17.7 Å². The number of carbonyl (C=O) groups is 1. The van der Waals surface area contributed by atoms with Crippen LogP contribution in [0, 0.1) is 18.3 Å². The number of hydrogen-bond donors (Lipinski definition) is 1. The third-order valence-electron chi connectivity index (χ3n) is 5.69. The molecule has 2 aromatic heterocycles. The smallest absolute Gasteiger partial charge is 0.269 e. The second-order valence-corrected chi connectivity index (χ2v) is 7.82. The Balaban J connectivity index is 1.50. The molecule has 1 aliphatic heterocycles. The Hall–Kier alpha value is -3.99. The van der Waals surface area contributed by atoms with E-state index in [1.54, 1.807) is 24.5 Å². The number of nitrogens with zero attached hydrogens (tertiary/aromatic N) is 5. The van der Waals surface area contributed by atoms with Gasteiger partial charge in [0, 0.05) is 44.7 Å². The quantitative estimate of drug-likeness (QED) is 0.641. The number of nitrogens with two attached hydrogens (primary N) is 1. The van der Waals surface area contributed by atoms with Gasteiger partial charge >= 0.3 is 0 Å². The summed E-state index contributed by atoms with van der Waals surface area (Å²) in [7, 11) is 0. The minimum Gasteiger partial charge on any atom is -0.490 e. The van der Waals surface area contributed by atoms with Crippen LogP contribution in [-0.4, -0.2) is 40.3 Å². The average molecular weight is 428 g/mol. The first-order valence-corrected chi connectivity index (χ1v) is 10.5. The molecule has 0 bridgehead atoms. The first-order valence-electron chi connectivity index (χ1n) is 10.5. The number of primary amides is 1. The number of carbonyl (C=O) groups excluding carboxylic acids is 1. The summed E-state index contributed by atoms with van der Waals surface area (Å²) in [5.41, 5.74) is 9.09. The van der Waals surface area contributed by atoms with E-state index in [-0.39, 0.29) is 11.8 Å². The third-order valence-corrected chi connectivity index (χ3v) is 5.69. The van der Waals surface area contributed by atoms with Crippen molar-refractivity contribution in [2.24, 2.45) is 5.73 Å². The van der Waals surface area contributed by atoms with Gasteiger partial charge in [0.15, 0.2) is 11.5 Å². The fraction of sp³-hybridized carbons (Fsp3) is 0.292. The van der Waals surface area contributed by atoms with Crippen molar-refractivity contribution in [3.63, 3.8) is 0 Å². The summed E-state index contributed by atoms with van der Waals surface area (Å²) < 4.78 is 6.08. The monoisotopic (exact) mass is 428 g/mol. The Morgan fingerprint density at radius 3 is 2.66 bits per heavy atom. The first-order chi connectivity index (χ1) is 15.5. The molecule has 0 saturated carbocycles. The normalized spacial score (nSPS) is 14.1. The van der Waals surface area contributed by atoms with Crippen LogP contribution in [0.15, 0.2) is 48.8 Å². The second-order valence-electron chi connectivity index (χ2n) is 7.82. The summed E-state index contributed by atoms with van der Waals surface area (Å²) in [6, 6.07) is 13.2. The van der Waals surface area contributed by atoms with Crippen LogP contribution in [0.2, 0.25) is 0 Å². The summed E-state index contributed by atoms with van der Waals surface area (Å²) in [6.07, 6.45) is 5.67. The van der Waals surface area contributed by atoms with E-state index >= 15 is 0 Å². The van der Waals surface area contributed by atoms with E-state index in [2.05, 4.69) is 26.2 Å². The molecule has 2 N–H and O–H groups in total. The molecule has 162 valence electrons. The molecule has 3 aromatic rings. The van der Waals surface area contributed by atoms with Crippen molar-refractivity contribution >= 4 is 11.7 Å². The van der Waals surface area contributed by atoms with Crippen molar-refractivity contribution in [2.45, 2.75) is 32.3 Å². The van der Waals surface area contributed by atoms with Gasteiger partial charge in [-0.15, -0.1) is 10.2 Å². The van der Waals surface area contributed by atoms with Crippen LogP contribution in [0.3, 0.4) is 0 Å². The van der Waals surface area contributed by atoms with Gasteiger partial charge in [0.05, 0.1) is 11.6 Å². The van der Waals surface area contributed by atoms with Gasteiger partial charge in [-0.2, -0.15) is 5.26 Å². The van der Waals surface area contributed by atoms with Gasteiger partial charge in [0.25, 0.3) is 5.91 Å². The highest BCUT2D eigenvalue weighted by Gasteiger charge is 2.25. The number of rotatable bonds is 6. The maximum absolute atomic E-state index is 12.0. The lowest BCUT2D eigenvalue weighted by Crippen LogP contribution is -2.39. The molecular formula is C24H24N6O2. The second kappa shape index (κ2) is 9.43. The zero-order chi connectivity index (χ0) is 22.5. The minimum atomic E-state index is -0.581. The average Bonchev–Trinajstić information content (AvgIpc) is 2.81. The fourth-order valence-electron chi connectivity index (χ4n) is 3.98. The molecule has 0 aliphatic carbocycles. The predicted molar refractivity (Wildman–Crippen MR) is 119 cm³/mol.